The van der Waals surface area contributed by atoms with Gasteiger partial charge in [0.15, 0.2) is 5.82 Å². The van der Waals surface area contributed by atoms with Crippen molar-refractivity contribution in [2.75, 3.05) is 18.0 Å². The van der Waals surface area contributed by atoms with E-state index < -0.39 is 0 Å². The minimum Gasteiger partial charge on any atom is -0.485 e. The zero-order valence-corrected chi connectivity index (χ0v) is 19.6. The molecule has 1 fully saturated rings. The van der Waals surface area contributed by atoms with Crippen LogP contribution < -0.4 is 15.4 Å². The van der Waals surface area contributed by atoms with Crippen LogP contribution in [0.5, 0.6) is 5.75 Å². The molecule has 1 saturated heterocycles. The molecule has 0 aliphatic carbocycles. The van der Waals surface area contributed by atoms with E-state index in [1.807, 2.05) is 47.8 Å². The third kappa shape index (κ3) is 3.12. The summed E-state index contributed by atoms with van der Waals surface area (Å²) in [7, 11) is 0. The Balaban J connectivity index is 1.34. The van der Waals surface area contributed by atoms with Crippen LogP contribution in [0.2, 0.25) is 10.0 Å². The van der Waals surface area contributed by atoms with Crippen molar-refractivity contribution < 1.29 is 4.74 Å². The van der Waals surface area contributed by atoms with Crippen LogP contribution in [-0.2, 0) is 0 Å². The maximum absolute atomic E-state index is 6.65. The fraction of sp³-hybridized carbons (Fsp3) is 0.280. The van der Waals surface area contributed by atoms with Crippen molar-refractivity contribution in [2.45, 2.75) is 31.4 Å². The van der Waals surface area contributed by atoms with Gasteiger partial charge in [0.25, 0.3) is 0 Å². The Kier molecular flexibility index (Phi) is 4.80. The van der Waals surface area contributed by atoms with E-state index >= 15 is 0 Å². The first-order chi connectivity index (χ1) is 16.0. The highest BCUT2D eigenvalue weighted by atomic mass is 35.5. The van der Waals surface area contributed by atoms with E-state index in [0.717, 1.165) is 65.5 Å². The minimum atomic E-state index is -0.361. The summed E-state index contributed by atoms with van der Waals surface area (Å²) in [4.78, 5) is 7.31. The molecule has 1 spiro atoms. The molecule has 2 N–H and O–H groups in total. The molecule has 2 aromatic carbocycles. The average molecular weight is 480 g/mol. The van der Waals surface area contributed by atoms with Crippen LogP contribution in [0.1, 0.15) is 30.1 Å². The number of aromatic nitrogens is 3. The summed E-state index contributed by atoms with van der Waals surface area (Å²) in [6.07, 6.45) is 3.44. The number of aryl methyl sites for hydroxylation is 1. The van der Waals surface area contributed by atoms with Crippen LogP contribution in [0.15, 0.2) is 54.7 Å². The summed E-state index contributed by atoms with van der Waals surface area (Å²) in [5.74, 6) is 1.82. The summed E-state index contributed by atoms with van der Waals surface area (Å²) in [6, 6.07) is 15.6. The molecular formula is C25H23Cl2N5O. The Morgan fingerprint density at radius 3 is 2.64 bits per heavy atom. The number of piperidine rings is 1. The topological polar surface area (TPSA) is 68.7 Å². The summed E-state index contributed by atoms with van der Waals surface area (Å²) in [5.41, 5.74) is 10.8. The normalized spacial score (nSPS) is 19.2. The van der Waals surface area contributed by atoms with Crippen molar-refractivity contribution in [3.63, 3.8) is 0 Å². The van der Waals surface area contributed by atoms with Gasteiger partial charge in [-0.05, 0) is 25.1 Å². The van der Waals surface area contributed by atoms with Crippen molar-refractivity contribution in [3.8, 4) is 17.0 Å². The lowest BCUT2D eigenvalue weighted by Gasteiger charge is -2.41. The van der Waals surface area contributed by atoms with E-state index in [1.54, 1.807) is 12.3 Å². The number of benzene rings is 2. The maximum atomic E-state index is 6.65. The highest BCUT2D eigenvalue weighted by molar-refractivity contribution is 6.43. The fourth-order valence-electron chi connectivity index (χ4n) is 5.21. The molecule has 0 bridgehead atoms. The van der Waals surface area contributed by atoms with Gasteiger partial charge in [-0.3, -0.25) is 0 Å². The smallest absolute Gasteiger partial charge is 0.155 e. The van der Waals surface area contributed by atoms with E-state index in [4.69, 9.17) is 38.7 Å². The molecule has 0 saturated carbocycles. The number of nitrogens with two attached hydrogens (primary N) is 1. The molecule has 0 amide bonds. The maximum Gasteiger partial charge on any atom is 0.155 e. The van der Waals surface area contributed by atoms with Crippen LogP contribution in [0.4, 0.5) is 5.82 Å². The second kappa shape index (κ2) is 7.62. The van der Waals surface area contributed by atoms with Gasteiger partial charge >= 0.3 is 0 Å². The highest BCUT2D eigenvalue weighted by Gasteiger charge is 2.48. The van der Waals surface area contributed by atoms with Crippen molar-refractivity contribution in [1.29, 1.82) is 0 Å². The molecule has 0 unspecified atom stereocenters. The Bertz CT molecular complexity index is 1380. The standard InChI is InChI=1S/C25H23Cl2N5O/c1-15-22(17-6-4-7-18(26)21(17)27)32-19(9-12-29-32)24(30-15)31-13-10-25(11-14-31)23(28)16-5-2-3-8-20(16)33-25/h2-9,12,23H,10-11,13-14,28H2,1H3/t23-/m1/s1. The molecule has 33 heavy (non-hydrogen) atoms. The second-order valence-electron chi connectivity index (χ2n) is 8.77. The molecule has 168 valence electrons. The lowest BCUT2D eigenvalue weighted by molar-refractivity contribution is 0.0431. The molecule has 6 rings (SSSR count). The van der Waals surface area contributed by atoms with E-state index in [1.165, 1.54) is 0 Å². The van der Waals surface area contributed by atoms with Crippen molar-refractivity contribution in [1.82, 2.24) is 14.6 Å². The van der Waals surface area contributed by atoms with Crippen LogP contribution >= 0.6 is 23.2 Å². The first kappa shape index (κ1) is 20.8. The van der Waals surface area contributed by atoms with Crippen LogP contribution in [0.25, 0.3) is 16.8 Å². The van der Waals surface area contributed by atoms with Gasteiger partial charge in [0.05, 0.1) is 33.7 Å². The number of rotatable bonds is 2. The number of halogens is 2. The van der Waals surface area contributed by atoms with Gasteiger partial charge in [-0.25, -0.2) is 9.50 Å². The predicted molar refractivity (Wildman–Crippen MR) is 131 cm³/mol. The van der Waals surface area contributed by atoms with E-state index in [-0.39, 0.29) is 11.6 Å². The summed E-state index contributed by atoms with van der Waals surface area (Å²) in [5, 5.41) is 5.60. The molecule has 6 nitrogen and oxygen atoms in total. The molecular weight excluding hydrogens is 457 g/mol. The number of para-hydroxylation sites is 1. The zero-order valence-electron chi connectivity index (χ0n) is 18.1. The van der Waals surface area contributed by atoms with Crippen molar-refractivity contribution >= 4 is 34.5 Å². The molecule has 8 heteroatoms. The van der Waals surface area contributed by atoms with Gasteiger partial charge in [0.1, 0.15) is 16.9 Å². The highest BCUT2D eigenvalue weighted by Crippen LogP contribution is 2.47. The van der Waals surface area contributed by atoms with Crippen LogP contribution in [-0.4, -0.2) is 33.3 Å². The summed E-state index contributed by atoms with van der Waals surface area (Å²) in [6.45, 7) is 3.58. The first-order valence-electron chi connectivity index (χ1n) is 11.1. The molecule has 2 aliphatic heterocycles. The van der Waals surface area contributed by atoms with Crippen LogP contribution in [0.3, 0.4) is 0 Å². The molecule has 0 radical (unpaired) electrons. The van der Waals surface area contributed by atoms with E-state index in [2.05, 4.69) is 16.1 Å². The molecule has 2 aliphatic rings. The number of ether oxygens (including phenoxy) is 1. The number of anilines is 1. The Morgan fingerprint density at radius 1 is 1.06 bits per heavy atom. The second-order valence-corrected chi connectivity index (χ2v) is 9.55. The number of nitrogens with zero attached hydrogens (tertiary/aromatic N) is 4. The minimum absolute atomic E-state index is 0.118. The monoisotopic (exact) mass is 479 g/mol. The predicted octanol–water partition coefficient (Wildman–Crippen LogP) is 5.44. The van der Waals surface area contributed by atoms with Gasteiger partial charge in [-0.2, -0.15) is 5.10 Å². The summed E-state index contributed by atoms with van der Waals surface area (Å²) >= 11 is 12.8. The quantitative estimate of drug-likeness (QED) is 0.414. The van der Waals surface area contributed by atoms with Gasteiger partial charge in [0, 0.05) is 37.1 Å². The average Bonchev–Trinajstić information content (AvgIpc) is 3.40. The molecule has 4 aromatic rings. The molecule has 4 heterocycles. The molecule has 1 atom stereocenters. The fourth-order valence-corrected chi connectivity index (χ4v) is 5.60. The van der Waals surface area contributed by atoms with Crippen molar-refractivity contribution in [3.05, 3.63) is 76.0 Å². The number of hydrogen-bond donors (Lipinski definition) is 1. The Labute approximate surface area is 201 Å². The Hall–Kier alpha value is -2.80. The first-order valence-corrected chi connectivity index (χ1v) is 11.8. The zero-order chi connectivity index (χ0) is 22.7. The largest absolute Gasteiger partial charge is 0.485 e. The van der Waals surface area contributed by atoms with Gasteiger partial charge < -0.3 is 15.4 Å². The Morgan fingerprint density at radius 2 is 1.85 bits per heavy atom. The van der Waals surface area contributed by atoms with E-state index in [9.17, 15) is 0 Å². The number of fused-ring (bicyclic) bond motifs is 2. The van der Waals surface area contributed by atoms with E-state index in [0.29, 0.717) is 10.0 Å². The third-order valence-electron chi connectivity index (χ3n) is 6.95. The van der Waals surface area contributed by atoms with Gasteiger partial charge in [0.2, 0.25) is 0 Å². The summed E-state index contributed by atoms with van der Waals surface area (Å²) < 4.78 is 8.32. The lowest BCUT2D eigenvalue weighted by Crippen LogP contribution is -2.51. The lowest BCUT2D eigenvalue weighted by atomic mass is 9.83. The third-order valence-corrected chi connectivity index (χ3v) is 7.77. The number of hydrogen-bond acceptors (Lipinski definition) is 5. The van der Waals surface area contributed by atoms with Gasteiger partial charge in [-0.1, -0.05) is 53.5 Å². The molecule has 2 aromatic heterocycles. The SMILES string of the molecule is Cc1nc(N2CCC3(CC2)Oc2ccccc2[C@H]3N)c2ccnn2c1-c1cccc(Cl)c1Cl. The van der Waals surface area contributed by atoms with Crippen molar-refractivity contribution in [2.24, 2.45) is 5.73 Å². The van der Waals surface area contributed by atoms with Gasteiger partial charge in [-0.15, -0.1) is 0 Å². The van der Waals surface area contributed by atoms with Crippen LogP contribution in [0, 0.1) is 6.92 Å².